The summed E-state index contributed by atoms with van der Waals surface area (Å²) in [6.07, 6.45) is 8.56. The molecule has 0 N–H and O–H groups in total. The van der Waals surface area contributed by atoms with E-state index in [0.29, 0.717) is 12.2 Å². The highest BCUT2D eigenvalue weighted by Crippen LogP contribution is 2.39. The van der Waals surface area contributed by atoms with Gasteiger partial charge in [0, 0.05) is 23.5 Å². The quantitative estimate of drug-likeness (QED) is 0.411. The minimum absolute atomic E-state index is 0.323. The fraction of sp³-hybridized carbons (Fsp3) is 0.400. The number of hydrogen-bond donors (Lipinski definition) is 0. The molecular formula is C15H16N8. The summed E-state index contributed by atoms with van der Waals surface area (Å²) in [7, 11) is 0. The molecule has 1 atom stereocenters. The van der Waals surface area contributed by atoms with Crippen LogP contribution in [0.1, 0.15) is 48.7 Å². The smallest absolute Gasteiger partial charge is 0.137 e. The lowest BCUT2D eigenvalue weighted by Gasteiger charge is -1.98. The molecule has 0 aliphatic heterocycles. The van der Waals surface area contributed by atoms with Crippen molar-refractivity contribution in [3.05, 3.63) is 58.1 Å². The largest absolute Gasteiger partial charge is 0.306 e. The molecule has 8 heteroatoms. The fourth-order valence-corrected chi connectivity index (χ4v) is 2.68. The molecule has 3 aromatic heterocycles. The van der Waals surface area contributed by atoms with Crippen LogP contribution in [0.3, 0.4) is 0 Å². The van der Waals surface area contributed by atoms with Crippen molar-refractivity contribution in [1.29, 1.82) is 0 Å². The van der Waals surface area contributed by atoms with Crippen LogP contribution in [0.2, 0.25) is 0 Å². The lowest BCUT2D eigenvalue weighted by Crippen LogP contribution is -2.00. The van der Waals surface area contributed by atoms with E-state index in [9.17, 15) is 0 Å². The minimum Gasteiger partial charge on any atom is -0.306 e. The number of rotatable bonds is 5. The zero-order valence-corrected chi connectivity index (χ0v) is 12.7. The van der Waals surface area contributed by atoms with Gasteiger partial charge in [-0.2, -0.15) is 0 Å². The summed E-state index contributed by atoms with van der Waals surface area (Å²) in [5, 5.41) is 11.7. The number of nitrogens with zero attached hydrogens (tertiary/aromatic N) is 8. The van der Waals surface area contributed by atoms with Crippen molar-refractivity contribution < 1.29 is 0 Å². The topological polar surface area (TPSA) is 96.8 Å². The van der Waals surface area contributed by atoms with Gasteiger partial charge >= 0.3 is 0 Å². The van der Waals surface area contributed by atoms with Crippen LogP contribution in [0.15, 0.2) is 35.8 Å². The van der Waals surface area contributed by atoms with Crippen molar-refractivity contribution >= 4 is 5.65 Å². The van der Waals surface area contributed by atoms with E-state index in [1.54, 1.807) is 17.8 Å². The van der Waals surface area contributed by atoms with E-state index in [4.69, 9.17) is 5.53 Å². The van der Waals surface area contributed by atoms with Gasteiger partial charge in [0.15, 0.2) is 0 Å². The fourth-order valence-electron chi connectivity index (χ4n) is 2.68. The Hall–Kier alpha value is -2.86. The van der Waals surface area contributed by atoms with Crippen molar-refractivity contribution in [3.63, 3.8) is 0 Å². The molecule has 1 saturated carbocycles. The lowest BCUT2D eigenvalue weighted by molar-refractivity contribution is 0.640. The standard InChI is InChI=1S/C15H16N8/c1-10(18-20-16)14-9-23(21-19-14)8-13-7-22-6-12(11-2-3-11)4-5-15(22)17-13/h4-7,9-11H,2-3,8H2,1H3. The van der Waals surface area contributed by atoms with Crippen LogP contribution in [0.25, 0.3) is 16.1 Å². The van der Waals surface area contributed by atoms with E-state index in [2.05, 4.69) is 48.1 Å². The lowest BCUT2D eigenvalue weighted by atomic mass is 10.2. The van der Waals surface area contributed by atoms with E-state index >= 15 is 0 Å². The Morgan fingerprint density at radius 2 is 2.22 bits per heavy atom. The van der Waals surface area contributed by atoms with Crippen molar-refractivity contribution in [3.8, 4) is 0 Å². The Balaban J connectivity index is 1.56. The van der Waals surface area contributed by atoms with Gasteiger partial charge in [-0.3, -0.25) is 0 Å². The van der Waals surface area contributed by atoms with Crippen LogP contribution in [-0.4, -0.2) is 24.4 Å². The SMILES string of the molecule is CC(N=[N+]=[N-])c1cn(Cc2cn3cc(C4CC4)ccc3n2)nn1. The zero-order valence-electron chi connectivity index (χ0n) is 12.7. The molecule has 0 aromatic carbocycles. The third kappa shape index (κ3) is 2.76. The first-order chi connectivity index (χ1) is 11.2. The van der Waals surface area contributed by atoms with Crippen molar-refractivity contribution in [1.82, 2.24) is 24.4 Å². The maximum atomic E-state index is 8.48. The first-order valence-corrected chi connectivity index (χ1v) is 7.64. The van der Waals surface area contributed by atoms with Gasteiger partial charge in [-0.25, -0.2) is 9.67 Å². The number of imidazole rings is 1. The number of fused-ring (bicyclic) bond motifs is 1. The summed E-state index contributed by atoms with van der Waals surface area (Å²) in [5.41, 5.74) is 12.4. The van der Waals surface area contributed by atoms with Crippen LogP contribution in [-0.2, 0) is 6.54 Å². The van der Waals surface area contributed by atoms with Crippen LogP contribution in [0.5, 0.6) is 0 Å². The van der Waals surface area contributed by atoms with Crippen LogP contribution < -0.4 is 0 Å². The maximum absolute atomic E-state index is 8.48. The number of azide groups is 1. The van der Waals surface area contributed by atoms with E-state index < -0.39 is 0 Å². The third-order valence-corrected chi connectivity index (χ3v) is 4.11. The molecule has 1 aliphatic carbocycles. The molecule has 23 heavy (non-hydrogen) atoms. The molecule has 4 rings (SSSR count). The monoisotopic (exact) mass is 308 g/mol. The summed E-state index contributed by atoms with van der Waals surface area (Å²) in [6.45, 7) is 2.33. The van der Waals surface area contributed by atoms with Gasteiger partial charge < -0.3 is 4.40 Å². The minimum atomic E-state index is -0.323. The molecule has 0 spiro atoms. The number of pyridine rings is 1. The molecule has 1 unspecified atom stereocenters. The van der Waals surface area contributed by atoms with Gasteiger partial charge in [-0.1, -0.05) is 23.3 Å². The summed E-state index contributed by atoms with van der Waals surface area (Å²) in [6, 6.07) is 3.91. The molecular weight excluding hydrogens is 292 g/mol. The van der Waals surface area contributed by atoms with E-state index in [1.165, 1.54) is 18.4 Å². The first-order valence-electron chi connectivity index (χ1n) is 7.64. The Morgan fingerprint density at radius 1 is 1.35 bits per heavy atom. The van der Waals surface area contributed by atoms with Gasteiger partial charge in [-0.15, -0.1) is 5.10 Å². The molecule has 1 aliphatic rings. The van der Waals surface area contributed by atoms with Crippen molar-refractivity contribution in [2.45, 2.75) is 38.3 Å². The second-order valence-corrected chi connectivity index (χ2v) is 5.96. The Labute approximate surface area is 132 Å². The van der Waals surface area contributed by atoms with E-state index in [0.717, 1.165) is 17.3 Å². The van der Waals surface area contributed by atoms with E-state index in [1.807, 2.05) is 6.20 Å². The van der Waals surface area contributed by atoms with Crippen molar-refractivity contribution in [2.24, 2.45) is 5.11 Å². The molecule has 0 saturated heterocycles. The average Bonchev–Trinajstić information content (AvgIpc) is 3.15. The molecule has 3 aromatic rings. The zero-order chi connectivity index (χ0) is 15.8. The molecule has 3 heterocycles. The Kier molecular flexibility index (Phi) is 3.24. The van der Waals surface area contributed by atoms with Gasteiger partial charge in [0.2, 0.25) is 0 Å². The maximum Gasteiger partial charge on any atom is 0.137 e. The predicted molar refractivity (Wildman–Crippen MR) is 83.9 cm³/mol. The van der Waals surface area contributed by atoms with Gasteiger partial charge in [0.05, 0.1) is 24.0 Å². The van der Waals surface area contributed by atoms with Crippen LogP contribution >= 0.6 is 0 Å². The molecule has 8 nitrogen and oxygen atoms in total. The van der Waals surface area contributed by atoms with Gasteiger partial charge in [0.25, 0.3) is 0 Å². The number of aromatic nitrogens is 5. The summed E-state index contributed by atoms with van der Waals surface area (Å²) >= 11 is 0. The van der Waals surface area contributed by atoms with Crippen LogP contribution in [0, 0.1) is 0 Å². The number of hydrogen-bond acceptors (Lipinski definition) is 4. The molecule has 0 bridgehead atoms. The summed E-state index contributed by atoms with van der Waals surface area (Å²) in [5.74, 6) is 0.727. The summed E-state index contributed by atoms with van der Waals surface area (Å²) < 4.78 is 3.78. The Morgan fingerprint density at radius 3 is 3.00 bits per heavy atom. The Bertz CT molecular complexity index is 897. The highest BCUT2D eigenvalue weighted by Gasteiger charge is 2.23. The molecule has 0 amide bonds. The average molecular weight is 308 g/mol. The van der Waals surface area contributed by atoms with Gasteiger partial charge in [0.1, 0.15) is 5.65 Å². The highest BCUT2D eigenvalue weighted by atomic mass is 15.4. The highest BCUT2D eigenvalue weighted by molar-refractivity contribution is 5.42. The van der Waals surface area contributed by atoms with Crippen LogP contribution in [0.4, 0.5) is 0 Å². The van der Waals surface area contributed by atoms with Crippen molar-refractivity contribution in [2.75, 3.05) is 0 Å². The normalized spacial score (nSPS) is 15.5. The molecule has 0 radical (unpaired) electrons. The summed E-state index contributed by atoms with van der Waals surface area (Å²) in [4.78, 5) is 7.41. The van der Waals surface area contributed by atoms with Gasteiger partial charge in [-0.05, 0) is 35.9 Å². The first kappa shape index (κ1) is 13.8. The third-order valence-electron chi connectivity index (χ3n) is 4.11. The second kappa shape index (κ2) is 5.40. The van der Waals surface area contributed by atoms with E-state index in [-0.39, 0.29) is 6.04 Å². The second-order valence-electron chi connectivity index (χ2n) is 5.96. The molecule has 116 valence electrons. The predicted octanol–water partition coefficient (Wildman–Crippen LogP) is 3.22. The molecule has 1 fully saturated rings.